The van der Waals surface area contributed by atoms with Crippen LogP contribution < -0.4 is 5.32 Å². The van der Waals surface area contributed by atoms with E-state index in [1.807, 2.05) is 11.9 Å². The summed E-state index contributed by atoms with van der Waals surface area (Å²) in [6.07, 6.45) is 3.43. The molecule has 0 amide bonds. The molecule has 2 nitrogen and oxygen atoms in total. The van der Waals surface area contributed by atoms with Gasteiger partial charge < -0.3 is 5.32 Å². The molecule has 0 unspecified atom stereocenters. The second kappa shape index (κ2) is 6.06. The van der Waals surface area contributed by atoms with Gasteiger partial charge in [0.05, 0.1) is 5.52 Å². The molecule has 0 saturated heterocycles. The minimum atomic E-state index is 0.584. The summed E-state index contributed by atoms with van der Waals surface area (Å²) >= 11 is 1.81. The van der Waals surface area contributed by atoms with Crippen LogP contribution in [-0.2, 0) is 13.0 Å². The predicted molar refractivity (Wildman–Crippen MR) is 99.1 cm³/mol. The molecule has 0 fully saturated rings. The van der Waals surface area contributed by atoms with Crippen LogP contribution >= 0.6 is 11.9 Å². The zero-order valence-corrected chi connectivity index (χ0v) is 14.5. The summed E-state index contributed by atoms with van der Waals surface area (Å²) in [6.45, 7) is 6.51. The van der Waals surface area contributed by atoms with E-state index in [4.69, 9.17) is 0 Å². The van der Waals surface area contributed by atoms with Gasteiger partial charge in [-0.15, -0.1) is 0 Å². The molecule has 2 heterocycles. The lowest BCUT2D eigenvalue weighted by atomic mass is 10.0. The van der Waals surface area contributed by atoms with Gasteiger partial charge in [-0.25, -0.2) is 0 Å². The number of rotatable bonds is 3. The summed E-state index contributed by atoms with van der Waals surface area (Å²) in [6, 6.07) is 15.6. The SMILES string of the molecule is CC(C)c1ccc(Sn2cc3c4c(cccc42)CNCC3)cc1. The van der Waals surface area contributed by atoms with Crippen LogP contribution in [0.1, 0.15) is 36.5 Å². The minimum Gasteiger partial charge on any atom is -0.312 e. The maximum Gasteiger partial charge on any atom is 0.0600 e. The molecule has 1 aliphatic rings. The van der Waals surface area contributed by atoms with Crippen molar-refractivity contribution in [2.75, 3.05) is 6.54 Å². The molecule has 3 heteroatoms. The molecule has 0 atom stereocenters. The Labute approximate surface area is 142 Å². The fraction of sp³-hybridized carbons (Fsp3) is 0.300. The van der Waals surface area contributed by atoms with Gasteiger partial charge >= 0.3 is 0 Å². The van der Waals surface area contributed by atoms with Gasteiger partial charge in [0, 0.05) is 23.0 Å². The van der Waals surface area contributed by atoms with Crippen molar-refractivity contribution in [1.29, 1.82) is 0 Å². The van der Waals surface area contributed by atoms with E-state index in [0.717, 1.165) is 19.5 Å². The van der Waals surface area contributed by atoms with E-state index < -0.39 is 0 Å². The van der Waals surface area contributed by atoms with Crippen molar-refractivity contribution in [2.24, 2.45) is 0 Å². The standard InChI is InChI=1S/C20H22N2S/c1-14(2)15-6-8-18(9-7-15)23-22-13-17-10-11-21-12-16-4-3-5-19(22)20(16)17/h3-9,13-14,21H,10-12H2,1-2H3. The summed E-state index contributed by atoms with van der Waals surface area (Å²) in [7, 11) is 0. The highest BCUT2D eigenvalue weighted by Gasteiger charge is 2.15. The molecule has 23 heavy (non-hydrogen) atoms. The summed E-state index contributed by atoms with van der Waals surface area (Å²) in [5.74, 6) is 0.584. The van der Waals surface area contributed by atoms with Gasteiger partial charge in [-0.3, -0.25) is 3.97 Å². The van der Waals surface area contributed by atoms with E-state index >= 15 is 0 Å². The van der Waals surface area contributed by atoms with E-state index in [0.29, 0.717) is 5.92 Å². The smallest absolute Gasteiger partial charge is 0.0600 e. The van der Waals surface area contributed by atoms with Gasteiger partial charge in [0.15, 0.2) is 0 Å². The Kier molecular flexibility index (Phi) is 3.92. The molecule has 0 bridgehead atoms. The Morgan fingerprint density at radius 2 is 1.87 bits per heavy atom. The molecular weight excluding hydrogens is 300 g/mol. The van der Waals surface area contributed by atoms with E-state index in [-0.39, 0.29) is 0 Å². The largest absolute Gasteiger partial charge is 0.312 e. The molecule has 1 aliphatic heterocycles. The highest BCUT2D eigenvalue weighted by molar-refractivity contribution is 7.98. The van der Waals surface area contributed by atoms with Gasteiger partial charge in [-0.2, -0.15) is 0 Å². The topological polar surface area (TPSA) is 17.0 Å². The van der Waals surface area contributed by atoms with Crippen LogP contribution in [0, 0.1) is 0 Å². The third-order valence-electron chi connectivity index (χ3n) is 4.60. The predicted octanol–water partition coefficient (Wildman–Crippen LogP) is 4.97. The number of benzene rings is 2. The van der Waals surface area contributed by atoms with E-state index in [9.17, 15) is 0 Å². The molecule has 0 spiro atoms. The molecule has 0 aliphatic carbocycles. The van der Waals surface area contributed by atoms with E-state index in [2.05, 4.69) is 71.8 Å². The molecule has 0 saturated carbocycles. The van der Waals surface area contributed by atoms with Gasteiger partial charge in [-0.05, 0) is 65.7 Å². The van der Waals surface area contributed by atoms with Crippen LogP contribution in [0.25, 0.3) is 10.9 Å². The lowest BCUT2D eigenvalue weighted by molar-refractivity contribution is 0.701. The van der Waals surface area contributed by atoms with Crippen molar-refractivity contribution in [2.45, 2.75) is 37.6 Å². The molecule has 4 rings (SSSR count). The van der Waals surface area contributed by atoms with Crippen LogP contribution in [0.4, 0.5) is 0 Å². The van der Waals surface area contributed by atoms with Crippen molar-refractivity contribution < 1.29 is 0 Å². The zero-order chi connectivity index (χ0) is 15.8. The number of hydrogen-bond donors (Lipinski definition) is 1. The van der Waals surface area contributed by atoms with Crippen LogP contribution in [0.15, 0.2) is 53.6 Å². The molecule has 1 aromatic heterocycles. The third-order valence-corrected chi connectivity index (χ3v) is 5.58. The van der Waals surface area contributed by atoms with Crippen LogP contribution in [0.2, 0.25) is 0 Å². The molecule has 0 radical (unpaired) electrons. The van der Waals surface area contributed by atoms with Crippen molar-refractivity contribution >= 4 is 22.9 Å². The third kappa shape index (κ3) is 2.79. The van der Waals surface area contributed by atoms with Crippen LogP contribution in [-0.4, -0.2) is 10.5 Å². The molecular formula is C20H22N2S. The van der Waals surface area contributed by atoms with Crippen molar-refractivity contribution in [3.63, 3.8) is 0 Å². The number of hydrogen-bond acceptors (Lipinski definition) is 2. The second-order valence-electron chi connectivity index (χ2n) is 6.53. The average molecular weight is 322 g/mol. The fourth-order valence-corrected chi connectivity index (χ4v) is 4.22. The highest BCUT2D eigenvalue weighted by Crippen LogP contribution is 2.33. The lowest BCUT2D eigenvalue weighted by Crippen LogP contribution is -2.13. The van der Waals surface area contributed by atoms with Gasteiger partial charge in [-0.1, -0.05) is 38.1 Å². The van der Waals surface area contributed by atoms with Gasteiger partial charge in [0.25, 0.3) is 0 Å². The monoisotopic (exact) mass is 322 g/mol. The normalized spacial score (nSPS) is 14.4. The summed E-state index contributed by atoms with van der Waals surface area (Å²) in [4.78, 5) is 1.29. The first-order chi connectivity index (χ1) is 11.2. The Bertz CT molecular complexity index is 831. The van der Waals surface area contributed by atoms with Crippen LogP contribution in [0.5, 0.6) is 0 Å². The number of aromatic nitrogens is 1. The Balaban J connectivity index is 1.72. The van der Waals surface area contributed by atoms with Gasteiger partial charge in [0.1, 0.15) is 0 Å². The fourth-order valence-electron chi connectivity index (χ4n) is 3.30. The minimum absolute atomic E-state index is 0.584. The van der Waals surface area contributed by atoms with Crippen molar-refractivity contribution in [1.82, 2.24) is 9.29 Å². The first kappa shape index (κ1) is 14.9. The van der Waals surface area contributed by atoms with E-state index in [1.165, 1.54) is 32.5 Å². The molecule has 118 valence electrons. The Morgan fingerprint density at radius 3 is 2.65 bits per heavy atom. The first-order valence-electron chi connectivity index (χ1n) is 8.33. The maximum absolute atomic E-state index is 3.51. The summed E-state index contributed by atoms with van der Waals surface area (Å²) in [5.41, 5.74) is 5.62. The maximum atomic E-state index is 3.51. The highest BCUT2D eigenvalue weighted by atomic mass is 32.2. The Morgan fingerprint density at radius 1 is 1.04 bits per heavy atom. The quantitative estimate of drug-likeness (QED) is 0.733. The first-order valence-corrected chi connectivity index (χ1v) is 9.10. The zero-order valence-electron chi connectivity index (χ0n) is 13.7. The molecule has 3 aromatic rings. The second-order valence-corrected chi connectivity index (χ2v) is 7.58. The summed E-state index contributed by atoms with van der Waals surface area (Å²) in [5, 5.41) is 4.96. The van der Waals surface area contributed by atoms with Crippen molar-refractivity contribution in [3.05, 3.63) is 65.4 Å². The Hall–Kier alpha value is -1.71. The van der Waals surface area contributed by atoms with Crippen LogP contribution in [0.3, 0.4) is 0 Å². The molecule has 2 aromatic carbocycles. The number of nitrogens with one attached hydrogen (secondary N) is 1. The lowest BCUT2D eigenvalue weighted by Gasteiger charge is -2.09. The summed E-state index contributed by atoms with van der Waals surface area (Å²) < 4.78 is 2.34. The number of nitrogens with zero attached hydrogens (tertiary/aromatic N) is 1. The average Bonchev–Trinajstić information content (AvgIpc) is 2.77. The van der Waals surface area contributed by atoms with E-state index in [1.54, 1.807) is 0 Å². The van der Waals surface area contributed by atoms with Gasteiger partial charge in [0.2, 0.25) is 0 Å². The molecule has 1 N–H and O–H groups in total. The van der Waals surface area contributed by atoms with Crippen molar-refractivity contribution in [3.8, 4) is 0 Å².